The van der Waals surface area contributed by atoms with Crippen molar-refractivity contribution in [3.63, 3.8) is 0 Å². The second-order valence-electron chi connectivity index (χ2n) is 5.60. The van der Waals surface area contributed by atoms with E-state index in [1.54, 1.807) is 37.4 Å². The number of amides is 2. The fraction of sp³-hybridized carbons (Fsp3) is 0.167. The molecule has 2 amide bonds. The van der Waals surface area contributed by atoms with Crippen LogP contribution in [-0.2, 0) is 9.59 Å². The second-order valence-corrected chi connectivity index (χ2v) is 7.21. The standard InChI is InChI=1S/C18H15ClFN3O2S/c1-23-16(24)10-15(17(25)22-14-5-3-2-4-13(14)20)26-18(23)21-12-8-6-11(19)7-9-12/h2-9,15H,10H2,1H3,(H,22,25)/t15-/m0/s1. The molecule has 1 aliphatic rings. The lowest BCUT2D eigenvalue weighted by molar-refractivity contribution is -0.128. The Morgan fingerprint density at radius 1 is 1.27 bits per heavy atom. The van der Waals surface area contributed by atoms with Crippen LogP contribution in [0.1, 0.15) is 6.42 Å². The first-order valence-electron chi connectivity index (χ1n) is 7.77. The Balaban J connectivity index is 1.79. The molecular weight excluding hydrogens is 377 g/mol. The summed E-state index contributed by atoms with van der Waals surface area (Å²) in [6.07, 6.45) is 0.0150. The van der Waals surface area contributed by atoms with Crippen LogP contribution in [0.5, 0.6) is 0 Å². The average Bonchev–Trinajstić information content (AvgIpc) is 2.62. The van der Waals surface area contributed by atoms with E-state index in [0.29, 0.717) is 15.9 Å². The second kappa shape index (κ2) is 7.88. The van der Waals surface area contributed by atoms with Crippen molar-refractivity contribution in [1.29, 1.82) is 0 Å². The van der Waals surface area contributed by atoms with Crippen LogP contribution in [0.3, 0.4) is 0 Å². The Labute approximate surface area is 159 Å². The van der Waals surface area contributed by atoms with Gasteiger partial charge in [0.1, 0.15) is 11.1 Å². The zero-order valence-electron chi connectivity index (χ0n) is 13.8. The molecule has 1 saturated heterocycles. The van der Waals surface area contributed by atoms with Gasteiger partial charge in [-0.05, 0) is 36.4 Å². The number of amidine groups is 1. The molecule has 134 valence electrons. The molecule has 1 heterocycles. The van der Waals surface area contributed by atoms with E-state index in [4.69, 9.17) is 11.6 Å². The lowest BCUT2D eigenvalue weighted by Crippen LogP contribution is -2.43. The molecule has 0 spiro atoms. The molecule has 2 aromatic carbocycles. The van der Waals surface area contributed by atoms with Crippen molar-refractivity contribution < 1.29 is 14.0 Å². The van der Waals surface area contributed by atoms with Gasteiger partial charge >= 0.3 is 0 Å². The third-order valence-electron chi connectivity index (χ3n) is 3.74. The van der Waals surface area contributed by atoms with Gasteiger partial charge in [0.05, 0.1) is 11.4 Å². The smallest absolute Gasteiger partial charge is 0.238 e. The van der Waals surface area contributed by atoms with Gasteiger partial charge in [-0.25, -0.2) is 9.38 Å². The molecule has 1 atom stereocenters. The highest BCUT2D eigenvalue weighted by Gasteiger charge is 2.34. The summed E-state index contributed by atoms with van der Waals surface area (Å²) in [6.45, 7) is 0. The van der Waals surface area contributed by atoms with Gasteiger partial charge in [-0.15, -0.1) is 0 Å². The Bertz CT molecular complexity index is 873. The van der Waals surface area contributed by atoms with Crippen molar-refractivity contribution in [3.05, 3.63) is 59.4 Å². The number of nitrogens with one attached hydrogen (secondary N) is 1. The Hall–Kier alpha value is -2.38. The Morgan fingerprint density at radius 3 is 2.65 bits per heavy atom. The van der Waals surface area contributed by atoms with Crippen LogP contribution in [0.2, 0.25) is 5.02 Å². The van der Waals surface area contributed by atoms with E-state index in [-0.39, 0.29) is 18.0 Å². The highest BCUT2D eigenvalue weighted by molar-refractivity contribution is 8.15. The molecule has 0 aliphatic carbocycles. The number of thioether (sulfide) groups is 1. The van der Waals surface area contributed by atoms with Crippen LogP contribution in [0.25, 0.3) is 0 Å². The van der Waals surface area contributed by atoms with E-state index >= 15 is 0 Å². The van der Waals surface area contributed by atoms with Crippen LogP contribution in [-0.4, -0.2) is 34.2 Å². The van der Waals surface area contributed by atoms with Gasteiger partial charge in [0.25, 0.3) is 0 Å². The first kappa shape index (κ1) is 18.4. The minimum Gasteiger partial charge on any atom is -0.323 e. The summed E-state index contributed by atoms with van der Waals surface area (Å²) in [5, 5.41) is 2.82. The van der Waals surface area contributed by atoms with Crippen LogP contribution >= 0.6 is 23.4 Å². The molecule has 2 aromatic rings. The van der Waals surface area contributed by atoms with Gasteiger partial charge in [0.2, 0.25) is 11.8 Å². The fourth-order valence-electron chi connectivity index (χ4n) is 2.30. The molecule has 1 fully saturated rings. The maximum Gasteiger partial charge on any atom is 0.238 e. The van der Waals surface area contributed by atoms with Crippen LogP contribution in [0.15, 0.2) is 53.5 Å². The molecule has 1 aliphatic heterocycles. The van der Waals surface area contributed by atoms with Crippen molar-refractivity contribution in [2.24, 2.45) is 4.99 Å². The van der Waals surface area contributed by atoms with Gasteiger partial charge < -0.3 is 5.32 Å². The molecule has 5 nitrogen and oxygen atoms in total. The van der Waals surface area contributed by atoms with Crippen LogP contribution < -0.4 is 5.32 Å². The molecule has 0 radical (unpaired) electrons. The number of anilines is 1. The van der Waals surface area contributed by atoms with Crippen molar-refractivity contribution in [3.8, 4) is 0 Å². The lowest BCUT2D eigenvalue weighted by Gasteiger charge is -2.28. The van der Waals surface area contributed by atoms with Gasteiger partial charge in [0, 0.05) is 18.5 Å². The molecule has 26 heavy (non-hydrogen) atoms. The maximum atomic E-state index is 13.7. The molecule has 1 N–H and O–H groups in total. The normalized spacial score (nSPS) is 18.9. The predicted molar refractivity (Wildman–Crippen MR) is 102 cm³/mol. The van der Waals surface area contributed by atoms with E-state index in [9.17, 15) is 14.0 Å². The van der Waals surface area contributed by atoms with E-state index < -0.39 is 17.0 Å². The molecular formula is C18H15ClFN3O2S. The van der Waals surface area contributed by atoms with E-state index in [2.05, 4.69) is 10.3 Å². The lowest BCUT2D eigenvalue weighted by atomic mass is 10.2. The molecule has 0 unspecified atom stereocenters. The van der Waals surface area contributed by atoms with Gasteiger partial charge in [-0.1, -0.05) is 35.5 Å². The van der Waals surface area contributed by atoms with Crippen LogP contribution in [0, 0.1) is 5.82 Å². The summed E-state index contributed by atoms with van der Waals surface area (Å²) in [6, 6.07) is 12.7. The number of carbonyl (C=O) groups is 2. The minimum absolute atomic E-state index is 0.0150. The van der Waals surface area contributed by atoms with E-state index in [0.717, 1.165) is 11.8 Å². The molecule has 0 bridgehead atoms. The molecule has 0 aromatic heterocycles. The SMILES string of the molecule is CN1C(=O)C[C@@H](C(=O)Nc2ccccc2F)SC1=Nc1ccc(Cl)cc1. The Morgan fingerprint density at radius 2 is 1.96 bits per heavy atom. The number of carbonyl (C=O) groups excluding carboxylic acids is 2. The number of benzene rings is 2. The van der Waals surface area contributed by atoms with Gasteiger partial charge in [0.15, 0.2) is 5.17 Å². The zero-order valence-corrected chi connectivity index (χ0v) is 15.4. The quantitative estimate of drug-likeness (QED) is 0.857. The van der Waals surface area contributed by atoms with Crippen molar-refractivity contribution in [2.75, 3.05) is 12.4 Å². The molecule has 3 rings (SSSR count). The minimum atomic E-state index is -0.690. The first-order chi connectivity index (χ1) is 12.4. The van der Waals surface area contributed by atoms with Crippen molar-refractivity contribution >= 4 is 51.7 Å². The number of hydrogen-bond donors (Lipinski definition) is 1. The number of hydrogen-bond acceptors (Lipinski definition) is 4. The maximum absolute atomic E-state index is 13.7. The summed E-state index contributed by atoms with van der Waals surface area (Å²) >= 11 is 7.02. The molecule has 0 saturated carbocycles. The topological polar surface area (TPSA) is 61.8 Å². The number of aliphatic imine (C=N–C) groups is 1. The highest BCUT2D eigenvalue weighted by atomic mass is 35.5. The summed E-state index contributed by atoms with van der Waals surface area (Å²) in [5.41, 5.74) is 0.701. The number of para-hydroxylation sites is 1. The third-order valence-corrected chi connectivity index (χ3v) is 5.24. The number of halogens is 2. The zero-order chi connectivity index (χ0) is 18.7. The monoisotopic (exact) mass is 391 g/mol. The molecule has 8 heteroatoms. The van der Waals surface area contributed by atoms with Crippen molar-refractivity contribution in [2.45, 2.75) is 11.7 Å². The predicted octanol–water partition coefficient (Wildman–Crippen LogP) is 4.07. The average molecular weight is 392 g/mol. The van der Waals surface area contributed by atoms with E-state index in [1.807, 2.05) is 0 Å². The summed E-state index contributed by atoms with van der Waals surface area (Å²) in [5.74, 6) is -1.20. The van der Waals surface area contributed by atoms with Gasteiger partial charge in [-0.2, -0.15) is 0 Å². The summed E-state index contributed by atoms with van der Waals surface area (Å²) in [7, 11) is 1.61. The number of nitrogens with zero attached hydrogens (tertiary/aromatic N) is 2. The van der Waals surface area contributed by atoms with Crippen LogP contribution in [0.4, 0.5) is 15.8 Å². The fourth-order valence-corrected chi connectivity index (χ4v) is 3.49. The third kappa shape index (κ3) is 4.23. The van der Waals surface area contributed by atoms with Gasteiger partial charge in [-0.3, -0.25) is 14.5 Å². The van der Waals surface area contributed by atoms with Crippen molar-refractivity contribution in [1.82, 2.24) is 4.90 Å². The van der Waals surface area contributed by atoms with E-state index in [1.165, 1.54) is 23.1 Å². The summed E-state index contributed by atoms with van der Waals surface area (Å²) < 4.78 is 13.7. The highest BCUT2D eigenvalue weighted by Crippen LogP contribution is 2.29. The largest absolute Gasteiger partial charge is 0.323 e. The Kier molecular flexibility index (Phi) is 5.58. The number of rotatable bonds is 3. The first-order valence-corrected chi connectivity index (χ1v) is 9.02. The summed E-state index contributed by atoms with van der Waals surface area (Å²) in [4.78, 5) is 30.5.